The Labute approximate surface area is 133 Å². The van der Waals surface area contributed by atoms with Crippen LogP contribution in [-0.4, -0.2) is 51.4 Å². The molecule has 0 saturated carbocycles. The Morgan fingerprint density at radius 3 is 1.67 bits per heavy atom. The van der Waals surface area contributed by atoms with Gasteiger partial charge < -0.3 is 9.97 Å². The van der Waals surface area contributed by atoms with E-state index in [1.807, 2.05) is 0 Å². The summed E-state index contributed by atoms with van der Waals surface area (Å²) in [5.74, 6) is -0.611. The molecule has 0 radical (unpaired) electrons. The summed E-state index contributed by atoms with van der Waals surface area (Å²) >= 11 is 0. The van der Waals surface area contributed by atoms with Gasteiger partial charge in [-0.25, -0.2) is 29.9 Å². The molecule has 10 nitrogen and oxygen atoms in total. The summed E-state index contributed by atoms with van der Waals surface area (Å²) in [5, 5.41) is 0. The number of nitrogens with zero attached hydrogens (tertiary/aromatic N) is 6. The summed E-state index contributed by atoms with van der Waals surface area (Å²) in [7, 11) is 0. The van der Waals surface area contributed by atoms with Crippen LogP contribution in [0.4, 0.5) is 0 Å². The fourth-order valence-electron chi connectivity index (χ4n) is 2.19. The Kier molecular flexibility index (Phi) is 3.26. The zero-order valence-corrected chi connectivity index (χ0v) is 12.2. The maximum atomic E-state index is 12.1. The average molecular weight is 322 g/mol. The number of ketones is 2. The van der Waals surface area contributed by atoms with E-state index in [9.17, 15) is 9.59 Å². The van der Waals surface area contributed by atoms with Crippen molar-refractivity contribution in [2.24, 2.45) is 0 Å². The molecule has 4 aromatic rings. The third kappa shape index (κ3) is 2.49. The molecule has 0 aliphatic heterocycles. The van der Waals surface area contributed by atoms with Gasteiger partial charge in [0.1, 0.15) is 11.0 Å². The topological polar surface area (TPSA) is 143 Å². The lowest BCUT2D eigenvalue weighted by Gasteiger charge is -2.00. The fourth-order valence-corrected chi connectivity index (χ4v) is 2.19. The van der Waals surface area contributed by atoms with Crippen molar-refractivity contribution < 1.29 is 9.59 Å². The van der Waals surface area contributed by atoms with E-state index in [1.165, 1.54) is 25.0 Å². The van der Waals surface area contributed by atoms with E-state index in [0.29, 0.717) is 22.3 Å². The first kappa shape index (κ1) is 14.1. The SMILES string of the molecule is O=C(CCC(=O)c1ncc2[nH]cnc2n1)c1ncc2[nH]cnc2n1. The molecule has 0 fully saturated rings. The number of imidazole rings is 2. The van der Waals surface area contributed by atoms with Crippen LogP contribution in [0.15, 0.2) is 25.0 Å². The van der Waals surface area contributed by atoms with Crippen molar-refractivity contribution in [1.29, 1.82) is 0 Å². The van der Waals surface area contributed by atoms with Crippen molar-refractivity contribution in [3.05, 3.63) is 36.7 Å². The second kappa shape index (κ2) is 5.57. The molecule has 0 unspecified atom stereocenters. The first-order valence-corrected chi connectivity index (χ1v) is 7.09. The number of H-pyrrole nitrogens is 2. The van der Waals surface area contributed by atoms with Gasteiger partial charge in [0.15, 0.2) is 22.9 Å². The highest BCUT2D eigenvalue weighted by Gasteiger charge is 2.16. The normalized spacial score (nSPS) is 11.2. The lowest BCUT2D eigenvalue weighted by atomic mass is 10.1. The lowest BCUT2D eigenvalue weighted by molar-refractivity contribution is 0.0907. The van der Waals surface area contributed by atoms with Crippen LogP contribution < -0.4 is 0 Å². The zero-order chi connectivity index (χ0) is 16.5. The number of rotatable bonds is 5. The maximum absolute atomic E-state index is 12.1. The van der Waals surface area contributed by atoms with Gasteiger partial charge in [0, 0.05) is 12.8 Å². The van der Waals surface area contributed by atoms with Crippen LogP contribution in [-0.2, 0) is 0 Å². The van der Waals surface area contributed by atoms with Gasteiger partial charge in [-0.05, 0) is 0 Å². The molecule has 4 rings (SSSR count). The molecule has 0 atom stereocenters. The van der Waals surface area contributed by atoms with E-state index in [-0.39, 0.29) is 36.1 Å². The predicted octanol–water partition coefficient (Wildman–Crippen LogP) is 0.865. The summed E-state index contributed by atoms with van der Waals surface area (Å²) in [4.78, 5) is 54.0. The highest BCUT2D eigenvalue weighted by molar-refractivity contribution is 5.99. The number of hydrogen-bond donors (Lipinski definition) is 2. The number of nitrogens with one attached hydrogen (secondary N) is 2. The fraction of sp³-hybridized carbons (Fsp3) is 0.143. The predicted molar refractivity (Wildman–Crippen MR) is 81.3 cm³/mol. The van der Waals surface area contributed by atoms with Crippen LogP contribution in [0.1, 0.15) is 34.1 Å². The molecule has 0 aromatic carbocycles. The lowest BCUT2D eigenvalue weighted by Crippen LogP contribution is -2.11. The van der Waals surface area contributed by atoms with Crippen molar-refractivity contribution >= 4 is 33.9 Å². The molecule has 2 N–H and O–H groups in total. The average Bonchev–Trinajstić information content (AvgIpc) is 3.26. The molecule has 0 aliphatic carbocycles. The number of aromatic nitrogens is 8. The van der Waals surface area contributed by atoms with Crippen molar-refractivity contribution in [1.82, 2.24) is 39.9 Å². The van der Waals surface area contributed by atoms with E-state index in [2.05, 4.69) is 39.9 Å². The highest BCUT2D eigenvalue weighted by Crippen LogP contribution is 2.10. The molecule has 0 saturated heterocycles. The number of carbonyl (C=O) groups is 2. The molecule has 0 spiro atoms. The first-order valence-electron chi connectivity index (χ1n) is 7.09. The molecule has 118 valence electrons. The molecule has 0 amide bonds. The van der Waals surface area contributed by atoms with Gasteiger partial charge in [-0.3, -0.25) is 9.59 Å². The molecule has 4 aromatic heterocycles. The summed E-state index contributed by atoms with van der Waals surface area (Å²) in [6, 6.07) is 0. The van der Waals surface area contributed by atoms with Crippen LogP contribution in [0.3, 0.4) is 0 Å². The van der Waals surface area contributed by atoms with E-state index in [0.717, 1.165) is 0 Å². The van der Waals surface area contributed by atoms with Crippen molar-refractivity contribution in [2.75, 3.05) is 0 Å². The van der Waals surface area contributed by atoms with Gasteiger partial charge in [-0.2, -0.15) is 0 Å². The van der Waals surface area contributed by atoms with Crippen LogP contribution in [0, 0.1) is 0 Å². The zero-order valence-electron chi connectivity index (χ0n) is 12.2. The Morgan fingerprint density at radius 1 is 0.750 bits per heavy atom. The molecular formula is C14H10N8O2. The Balaban J connectivity index is 1.46. The second-order valence-corrected chi connectivity index (χ2v) is 5.01. The standard InChI is InChI=1S/C14H10N8O2/c23-9(13-15-3-7-11(21-13)19-5-17-7)1-2-10(24)14-16-4-8-12(22-14)20-6-18-8/h3-6H,1-2H2,(H,15,17,19,21)(H,16,18,20,22). The molecule has 4 heterocycles. The summed E-state index contributed by atoms with van der Waals surface area (Å²) in [6.45, 7) is 0. The third-order valence-electron chi connectivity index (χ3n) is 3.43. The van der Waals surface area contributed by atoms with E-state index >= 15 is 0 Å². The minimum atomic E-state index is -0.339. The first-order chi connectivity index (χ1) is 11.7. The Bertz CT molecular complexity index is 981. The maximum Gasteiger partial charge on any atom is 0.200 e. The number of hydrogen-bond acceptors (Lipinski definition) is 8. The van der Waals surface area contributed by atoms with E-state index < -0.39 is 0 Å². The number of carbonyl (C=O) groups excluding carboxylic acids is 2. The van der Waals surface area contributed by atoms with Crippen molar-refractivity contribution in [3.8, 4) is 0 Å². The minimum absolute atomic E-state index is 0.0310. The molecule has 0 bridgehead atoms. The Morgan fingerprint density at radius 2 is 1.21 bits per heavy atom. The van der Waals surface area contributed by atoms with Gasteiger partial charge in [-0.1, -0.05) is 0 Å². The summed E-state index contributed by atoms with van der Waals surface area (Å²) in [5.41, 5.74) is 2.10. The number of aromatic amines is 2. The Hall–Kier alpha value is -3.56. The van der Waals surface area contributed by atoms with Gasteiger partial charge >= 0.3 is 0 Å². The van der Waals surface area contributed by atoms with Crippen LogP contribution >= 0.6 is 0 Å². The van der Waals surface area contributed by atoms with Crippen LogP contribution in [0.25, 0.3) is 22.3 Å². The summed E-state index contributed by atoms with van der Waals surface area (Å²) < 4.78 is 0. The van der Waals surface area contributed by atoms with E-state index in [4.69, 9.17) is 0 Å². The van der Waals surface area contributed by atoms with Crippen molar-refractivity contribution in [3.63, 3.8) is 0 Å². The molecule has 24 heavy (non-hydrogen) atoms. The highest BCUT2D eigenvalue weighted by atomic mass is 16.1. The van der Waals surface area contributed by atoms with Gasteiger partial charge in [0.2, 0.25) is 11.6 Å². The van der Waals surface area contributed by atoms with Crippen LogP contribution in [0.5, 0.6) is 0 Å². The molecule has 10 heteroatoms. The van der Waals surface area contributed by atoms with Crippen molar-refractivity contribution in [2.45, 2.75) is 12.8 Å². The quantitative estimate of drug-likeness (QED) is 0.515. The third-order valence-corrected chi connectivity index (χ3v) is 3.43. The van der Waals surface area contributed by atoms with Gasteiger partial charge in [0.25, 0.3) is 0 Å². The minimum Gasteiger partial charge on any atom is -0.342 e. The second-order valence-electron chi connectivity index (χ2n) is 5.01. The molecule has 0 aliphatic rings. The number of Topliss-reactive ketones (excluding diaryl/α,β-unsaturated/α-hetero) is 2. The van der Waals surface area contributed by atoms with Gasteiger partial charge in [0.05, 0.1) is 25.0 Å². The summed E-state index contributed by atoms with van der Waals surface area (Å²) in [6.07, 6.45) is 5.85. The van der Waals surface area contributed by atoms with Crippen LogP contribution in [0.2, 0.25) is 0 Å². The van der Waals surface area contributed by atoms with Gasteiger partial charge in [-0.15, -0.1) is 0 Å². The number of fused-ring (bicyclic) bond motifs is 2. The molecular weight excluding hydrogens is 312 g/mol. The monoisotopic (exact) mass is 322 g/mol. The smallest absolute Gasteiger partial charge is 0.200 e. The van der Waals surface area contributed by atoms with E-state index in [1.54, 1.807) is 0 Å². The largest absolute Gasteiger partial charge is 0.342 e.